The van der Waals surface area contributed by atoms with Gasteiger partial charge in [-0.2, -0.15) is 0 Å². The quantitative estimate of drug-likeness (QED) is 0.858. The van der Waals surface area contributed by atoms with Crippen molar-refractivity contribution in [1.82, 2.24) is 10.3 Å². The van der Waals surface area contributed by atoms with Gasteiger partial charge in [0.2, 0.25) is 0 Å². The van der Waals surface area contributed by atoms with Gasteiger partial charge in [0, 0.05) is 17.3 Å². The Bertz CT molecular complexity index is 456. The van der Waals surface area contributed by atoms with E-state index in [1.807, 2.05) is 19.9 Å². The molecular formula is C14H21N3O. The van der Waals surface area contributed by atoms with Gasteiger partial charge in [0.05, 0.1) is 0 Å². The molecule has 0 radical (unpaired) electrons. The fourth-order valence-electron chi connectivity index (χ4n) is 2.13. The molecule has 3 N–H and O–H groups in total. The van der Waals surface area contributed by atoms with Crippen LogP contribution in [0.5, 0.6) is 0 Å². The number of carbonyl (C=O) groups is 1. The Labute approximate surface area is 108 Å². The summed E-state index contributed by atoms with van der Waals surface area (Å²) in [4.78, 5) is 16.3. The molecule has 0 aliphatic heterocycles. The van der Waals surface area contributed by atoms with Gasteiger partial charge < -0.3 is 11.1 Å². The van der Waals surface area contributed by atoms with Gasteiger partial charge in [0.1, 0.15) is 5.82 Å². The van der Waals surface area contributed by atoms with Crippen LogP contribution in [0.1, 0.15) is 55.6 Å². The smallest absolute Gasteiger partial charge is 0.251 e. The molecular weight excluding hydrogens is 226 g/mol. The van der Waals surface area contributed by atoms with Crippen molar-refractivity contribution in [2.45, 2.75) is 45.6 Å². The minimum atomic E-state index is -0.0352. The minimum Gasteiger partial charge on any atom is -0.384 e. The number of hydrogen-bond donors (Lipinski definition) is 2. The third kappa shape index (κ3) is 2.81. The van der Waals surface area contributed by atoms with E-state index in [2.05, 4.69) is 17.2 Å². The Hall–Kier alpha value is -1.58. The van der Waals surface area contributed by atoms with Crippen molar-refractivity contribution >= 4 is 11.7 Å². The summed E-state index contributed by atoms with van der Waals surface area (Å²) in [6.07, 6.45) is 2.22. The van der Waals surface area contributed by atoms with Crippen LogP contribution >= 0.6 is 0 Å². The van der Waals surface area contributed by atoms with Gasteiger partial charge in [-0.15, -0.1) is 0 Å². The Morgan fingerprint density at radius 2 is 2.28 bits per heavy atom. The Morgan fingerprint density at radius 3 is 2.83 bits per heavy atom. The van der Waals surface area contributed by atoms with Crippen molar-refractivity contribution < 1.29 is 4.79 Å². The van der Waals surface area contributed by atoms with E-state index < -0.39 is 0 Å². The number of nitrogens with two attached hydrogens (primary N) is 1. The summed E-state index contributed by atoms with van der Waals surface area (Å²) in [7, 11) is 0. The molecule has 18 heavy (non-hydrogen) atoms. The van der Waals surface area contributed by atoms with Crippen LogP contribution in [0.25, 0.3) is 0 Å². The van der Waals surface area contributed by atoms with E-state index in [4.69, 9.17) is 5.73 Å². The predicted molar refractivity (Wildman–Crippen MR) is 72.4 cm³/mol. The highest BCUT2D eigenvalue weighted by Crippen LogP contribution is 2.33. The number of amides is 1. The van der Waals surface area contributed by atoms with Gasteiger partial charge in [-0.1, -0.05) is 27.2 Å². The summed E-state index contributed by atoms with van der Waals surface area (Å²) >= 11 is 0. The van der Waals surface area contributed by atoms with Crippen LogP contribution in [0, 0.1) is 5.92 Å². The Balaban J connectivity index is 2.10. The zero-order valence-corrected chi connectivity index (χ0v) is 11.2. The molecule has 4 nitrogen and oxygen atoms in total. The van der Waals surface area contributed by atoms with Gasteiger partial charge in [-0.25, -0.2) is 4.98 Å². The standard InChI is InChI=1S/C14H21N3O/c1-4-9-5-12(9)17-14(18)10-6-11(8(2)3)16-13(15)7-10/h6-9,12H,4-5H2,1-3H3,(H2,15,16)(H,17,18). The first-order chi connectivity index (χ1) is 8.51. The van der Waals surface area contributed by atoms with Crippen molar-refractivity contribution in [3.05, 3.63) is 23.4 Å². The van der Waals surface area contributed by atoms with E-state index in [9.17, 15) is 4.79 Å². The second-order valence-electron chi connectivity index (χ2n) is 5.34. The van der Waals surface area contributed by atoms with E-state index in [0.717, 1.165) is 18.5 Å². The van der Waals surface area contributed by atoms with E-state index >= 15 is 0 Å². The van der Waals surface area contributed by atoms with E-state index in [-0.39, 0.29) is 11.8 Å². The minimum absolute atomic E-state index is 0.0352. The largest absolute Gasteiger partial charge is 0.384 e. The Morgan fingerprint density at radius 1 is 1.56 bits per heavy atom. The maximum atomic E-state index is 12.1. The number of anilines is 1. The summed E-state index contributed by atoms with van der Waals surface area (Å²) in [6.45, 7) is 6.23. The lowest BCUT2D eigenvalue weighted by Crippen LogP contribution is -2.27. The van der Waals surface area contributed by atoms with E-state index in [1.165, 1.54) is 0 Å². The van der Waals surface area contributed by atoms with Gasteiger partial charge in [-0.3, -0.25) is 4.79 Å². The lowest BCUT2D eigenvalue weighted by molar-refractivity contribution is 0.0949. The molecule has 1 aromatic rings. The van der Waals surface area contributed by atoms with Crippen LogP contribution in [-0.4, -0.2) is 16.9 Å². The molecule has 1 aromatic heterocycles. The summed E-state index contributed by atoms with van der Waals surface area (Å²) < 4.78 is 0. The van der Waals surface area contributed by atoms with Gasteiger partial charge in [-0.05, 0) is 30.4 Å². The number of pyridine rings is 1. The molecule has 2 rings (SSSR count). The molecule has 98 valence electrons. The van der Waals surface area contributed by atoms with Crippen molar-refractivity contribution in [3.8, 4) is 0 Å². The molecule has 0 saturated heterocycles. The number of nitrogens with zero attached hydrogens (tertiary/aromatic N) is 1. The van der Waals surface area contributed by atoms with E-state index in [1.54, 1.807) is 6.07 Å². The number of nitrogen functional groups attached to an aromatic ring is 1. The maximum Gasteiger partial charge on any atom is 0.251 e. The number of nitrogens with one attached hydrogen (secondary N) is 1. The van der Waals surface area contributed by atoms with Crippen LogP contribution in [0.4, 0.5) is 5.82 Å². The first-order valence-corrected chi connectivity index (χ1v) is 6.59. The van der Waals surface area contributed by atoms with Crippen LogP contribution in [-0.2, 0) is 0 Å². The molecule has 2 atom stereocenters. The summed E-state index contributed by atoms with van der Waals surface area (Å²) in [5.41, 5.74) is 7.23. The monoisotopic (exact) mass is 247 g/mol. The second-order valence-corrected chi connectivity index (χ2v) is 5.34. The third-order valence-corrected chi connectivity index (χ3v) is 3.48. The molecule has 0 aromatic carbocycles. The van der Waals surface area contributed by atoms with Gasteiger partial charge >= 0.3 is 0 Å². The number of rotatable bonds is 4. The van der Waals surface area contributed by atoms with E-state index in [0.29, 0.717) is 23.3 Å². The normalized spacial score (nSPS) is 22.0. The van der Waals surface area contributed by atoms with Crippen molar-refractivity contribution in [1.29, 1.82) is 0 Å². The van der Waals surface area contributed by atoms with Gasteiger partial charge in [0.25, 0.3) is 5.91 Å². The SMILES string of the molecule is CCC1CC1NC(=O)c1cc(N)nc(C(C)C)c1. The fraction of sp³-hybridized carbons (Fsp3) is 0.571. The average molecular weight is 247 g/mol. The van der Waals surface area contributed by atoms with Crippen LogP contribution in [0.2, 0.25) is 0 Å². The number of aromatic nitrogens is 1. The summed E-state index contributed by atoms with van der Waals surface area (Å²) in [5.74, 6) is 1.29. The second kappa shape index (κ2) is 4.96. The summed E-state index contributed by atoms with van der Waals surface area (Å²) in [5, 5.41) is 3.04. The first-order valence-electron chi connectivity index (χ1n) is 6.59. The Kier molecular flexibility index (Phi) is 3.55. The van der Waals surface area contributed by atoms with Crippen LogP contribution < -0.4 is 11.1 Å². The third-order valence-electron chi connectivity index (χ3n) is 3.48. The maximum absolute atomic E-state index is 12.1. The highest BCUT2D eigenvalue weighted by Gasteiger charge is 2.36. The molecule has 2 unspecified atom stereocenters. The number of carbonyl (C=O) groups excluding carboxylic acids is 1. The first kappa shape index (κ1) is 12.9. The molecule has 4 heteroatoms. The fourth-order valence-corrected chi connectivity index (χ4v) is 2.13. The summed E-state index contributed by atoms with van der Waals surface area (Å²) in [6, 6.07) is 3.82. The van der Waals surface area contributed by atoms with Crippen LogP contribution in [0.3, 0.4) is 0 Å². The van der Waals surface area contributed by atoms with Crippen LogP contribution in [0.15, 0.2) is 12.1 Å². The topological polar surface area (TPSA) is 68.0 Å². The molecule has 1 amide bonds. The highest BCUT2D eigenvalue weighted by molar-refractivity contribution is 5.95. The lowest BCUT2D eigenvalue weighted by Gasteiger charge is -2.09. The lowest BCUT2D eigenvalue weighted by atomic mass is 10.1. The predicted octanol–water partition coefficient (Wildman–Crippen LogP) is 2.32. The molecule has 1 aliphatic rings. The molecule has 0 spiro atoms. The zero-order chi connectivity index (χ0) is 13.3. The van der Waals surface area contributed by atoms with Crippen molar-refractivity contribution in [2.24, 2.45) is 5.92 Å². The molecule has 1 fully saturated rings. The molecule has 0 bridgehead atoms. The average Bonchev–Trinajstić information content (AvgIpc) is 3.06. The molecule has 1 aliphatic carbocycles. The molecule has 1 heterocycles. The van der Waals surface area contributed by atoms with Crippen molar-refractivity contribution in [2.75, 3.05) is 5.73 Å². The number of hydrogen-bond acceptors (Lipinski definition) is 3. The molecule has 1 saturated carbocycles. The van der Waals surface area contributed by atoms with Crippen molar-refractivity contribution in [3.63, 3.8) is 0 Å². The highest BCUT2D eigenvalue weighted by atomic mass is 16.1. The van der Waals surface area contributed by atoms with Gasteiger partial charge in [0.15, 0.2) is 0 Å². The zero-order valence-electron chi connectivity index (χ0n) is 11.2.